The van der Waals surface area contributed by atoms with Crippen LogP contribution in [0.25, 0.3) is 0 Å². The van der Waals surface area contributed by atoms with Crippen molar-refractivity contribution in [1.29, 1.82) is 0 Å². The molecule has 1 aliphatic rings. The van der Waals surface area contributed by atoms with Crippen LogP contribution < -0.4 is 10.6 Å². The highest BCUT2D eigenvalue weighted by molar-refractivity contribution is 6.09. The third-order valence-electron chi connectivity index (χ3n) is 4.22. The Balaban J connectivity index is 2.65. The van der Waals surface area contributed by atoms with E-state index in [4.69, 9.17) is 4.99 Å². The number of nitrogens with zero attached hydrogens (tertiary/aromatic N) is 1. The average molecular weight is 330 g/mol. The standard InChI is InChI=1S/C21H35N3/c1-6-9-10-11-14-22-16-23-20-13-12-19(8-3)21(15-17(20)4)24-18(5)7-2/h8,10-11,13,15,18,22-23H,6-7,9,12,14,16H2,1-5H3/b11-10+,19-8-,24-21-. The van der Waals surface area contributed by atoms with E-state index in [1.165, 1.54) is 23.3 Å². The van der Waals surface area contributed by atoms with E-state index in [1.807, 2.05) is 0 Å². The van der Waals surface area contributed by atoms with Gasteiger partial charge < -0.3 is 5.32 Å². The quantitative estimate of drug-likeness (QED) is 0.358. The first-order valence-electron chi connectivity index (χ1n) is 9.34. The van der Waals surface area contributed by atoms with Gasteiger partial charge in [0.1, 0.15) is 0 Å². The van der Waals surface area contributed by atoms with Crippen LogP contribution >= 0.6 is 0 Å². The van der Waals surface area contributed by atoms with E-state index in [9.17, 15) is 0 Å². The summed E-state index contributed by atoms with van der Waals surface area (Å²) in [5.74, 6) is 0. The summed E-state index contributed by atoms with van der Waals surface area (Å²) in [7, 11) is 0. The molecular formula is C21H35N3. The van der Waals surface area contributed by atoms with E-state index in [0.29, 0.717) is 6.04 Å². The van der Waals surface area contributed by atoms with Crippen LogP contribution in [-0.4, -0.2) is 25.0 Å². The van der Waals surface area contributed by atoms with Crippen molar-refractivity contribution in [3.63, 3.8) is 0 Å². The first kappa shape index (κ1) is 20.4. The van der Waals surface area contributed by atoms with Crippen LogP contribution in [0.1, 0.15) is 60.3 Å². The average Bonchev–Trinajstić information content (AvgIpc) is 2.72. The summed E-state index contributed by atoms with van der Waals surface area (Å²) >= 11 is 0. The molecule has 0 fully saturated rings. The lowest BCUT2D eigenvalue weighted by molar-refractivity contribution is 0.676. The van der Waals surface area contributed by atoms with E-state index in [-0.39, 0.29) is 0 Å². The molecular weight excluding hydrogens is 294 g/mol. The van der Waals surface area contributed by atoms with E-state index >= 15 is 0 Å². The molecule has 0 saturated heterocycles. The highest BCUT2D eigenvalue weighted by Gasteiger charge is 2.12. The maximum Gasteiger partial charge on any atom is 0.0655 e. The molecule has 0 bridgehead atoms. The smallest absolute Gasteiger partial charge is 0.0655 e. The molecule has 3 heteroatoms. The minimum Gasteiger partial charge on any atom is -0.373 e. The Kier molecular flexibility index (Phi) is 10.1. The molecule has 0 amide bonds. The van der Waals surface area contributed by atoms with Gasteiger partial charge in [-0.2, -0.15) is 0 Å². The van der Waals surface area contributed by atoms with Crippen LogP contribution in [-0.2, 0) is 0 Å². The van der Waals surface area contributed by atoms with Crippen LogP contribution in [0, 0.1) is 0 Å². The van der Waals surface area contributed by atoms with Gasteiger partial charge in [0.2, 0.25) is 0 Å². The van der Waals surface area contributed by atoms with Crippen LogP contribution in [0.4, 0.5) is 0 Å². The van der Waals surface area contributed by atoms with Crippen molar-refractivity contribution in [3.8, 4) is 0 Å². The largest absolute Gasteiger partial charge is 0.373 e. The number of allylic oxidation sites excluding steroid dienone is 6. The molecule has 0 aromatic carbocycles. The van der Waals surface area contributed by atoms with Gasteiger partial charge in [-0.3, -0.25) is 10.3 Å². The molecule has 0 aliphatic heterocycles. The number of rotatable bonds is 9. The van der Waals surface area contributed by atoms with Gasteiger partial charge in [0.15, 0.2) is 0 Å². The second-order valence-electron chi connectivity index (χ2n) is 6.30. The van der Waals surface area contributed by atoms with Crippen LogP contribution in [0.15, 0.2) is 52.2 Å². The van der Waals surface area contributed by atoms with Gasteiger partial charge in [-0.1, -0.05) is 44.6 Å². The summed E-state index contributed by atoms with van der Waals surface area (Å²) in [4.78, 5) is 4.88. The van der Waals surface area contributed by atoms with Crippen molar-refractivity contribution in [1.82, 2.24) is 10.6 Å². The fraction of sp³-hybridized carbons (Fsp3) is 0.571. The Morgan fingerprint density at radius 1 is 1.29 bits per heavy atom. The summed E-state index contributed by atoms with van der Waals surface area (Å²) in [5.41, 5.74) is 4.89. The molecule has 1 rings (SSSR count). The summed E-state index contributed by atoms with van der Waals surface area (Å²) in [6.45, 7) is 12.5. The lowest BCUT2D eigenvalue weighted by Gasteiger charge is -2.11. The zero-order valence-corrected chi connectivity index (χ0v) is 16.2. The Morgan fingerprint density at radius 3 is 2.75 bits per heavy atom. The van der Waals surface area contributed by atoms with Crippen molar-refractivity contribution in [2.75, 3.05) is 13.2 Å². The maximum absolute atomic E-state index is 4.88. The molecule has 0 aromatic heterocycles. The van der Waals surface area contributed by atoms with Crippen molar-refractivity contribution >= 4 is 5.71 Å². The van der Waals surface area contributed by atoms with E-state index < -0.39 is 0 Å². The number of unbranched alkanes of at least 4 members (excludes halogenated alkanes) is 1. The van der Waals surface area contributed by atoms with Crippen molar-refractivity contribution in [2.45, 2.75) is 66.3 Å². The van der Waals surface area contributed by atoms with Crippen molar-refractivity contribution in [3.05, 3.63) is 47.2 Å². The van der Waals surface area contributed by atoms with Crippen LogP contribution in [0.2, 0.25) is 0 Å². The van der Waals surface area contributed by atoms with Gasteiger partial charge in [0.25, 0.3) is 0 Å². The normalized spacial score (nSPS) is 20.2. The summed E-state index contributed by atoms with van der Waals surface area (Å²) in [6.07, 6.45) is 15.5. The molecule has 2 N–H and O–H groups in total. The third-order valence-corrected chi connectivity index (χ3v) is 4.22. The molecule has 0 heterocycles. The molecule has 134 valence electrons. The van der Waals surface area contributed by atoms with Gasteiger partial charge in [0.05, 0.1) is 12.4 Å². The van der Waals surface area contributed by atoms with E-state index in [2.05, 4.69) is 75.6 Å². The molecule has 3 nitrogen and oxygen atoms in total. The zero-order valence-electron chi connectivity index (χ0n) is 16.2. The molecule has 1 unspecified atom stereocenters. The molecule has 0 radical (unpaired) electrons. The number of hydrogen-bond donors (Lipinski definition) is 2. The van der Waals surface area contributed by atoms with Crippen LogP contribution in [0.5, 0.6) is 0 Å². The van der Waals surface area contributed by atoms with Crippen LogP contribution in [0.3, 0.4) is 0 Å². The third kappa shape index (κ3) is 7.31. The topological polar surface area (TPSA) is 36.4 Å². The molecule has 24 heavy (non-hydrogen) atoms. The van der Waals surface area contributed by atoms with Gasteiger partial charge in [-0.25, -0.2) is 0 Å². The maximum atomic E-state index is 4.88. The Morgan fingerprint density at radius 2 is 2.08 bits per heavy atom. The minimum absolute atomic E-state index is 0.366. The number of hydrogen-bond acceptors (Lipinski definition) is 3. The fourth-order valence-corrected chi connectivity index (χ4v) is 2.46. The Bertz CT molecular complexity index is 521. The molecule has 1 aliphatic carbocycles. The number of aliphatic imine (C=N–C) groups is 1. The van der Waals surface area contributed by atoms with Crippen molar-refractivity contribution < 1.29 is 0 Å². The number of nitrogens with one attached hydrogen (secondary N) is 2. The van der Waals surface area contributed by atoms with Gasteiger partial charge in [0, 0.05) is 18.3 Å². The first-order valence-corrected chi connectivity index (χ1v) is 9.34. The predicted octanol–water partition coefficient (Wildman–Crippen LogP) is 4.90. The Labute approximate surface area is 148 Å². The second kappa shape index (κ2) is 11.9. The molecule has 0 saturated carbocycles. The lowest BCUT2D eigenvalue weighted by Crippen LogP contribution is -2.28. The summed E-state index contributed by atoms with van der Waals surface area (Å²) in [6, 6.07) is 0.366. The molecule has 0 aromatic rings. The summed E-state index contributed by atoms with van der Waals surface area (Å²) in [5, 5.41) is 6.90. The highest BCUT2D eigenvalue weighted by atomic mass is 15.1. The van der Waals surface area contributed by atoms with Crippen molar-refractivity contribution in [2.24, 2.45) is 4.99 Å². The molecule has 1 atom stereocenters. The second-order valence-corrected chi connectivity index (χ2v) is 6.30. The van der Waals surface area contributed by atoms with Gasteiger partial charge in [-0.15, -0.1) is 0 Å². The molecule has 0 spiro atoms. The van der Waals surface area contributed by atoms with E-state index in [0.717, 1.165) is 38.2 Å². The van der Waals surface area contributed by atoms with E-state index in [1.54, 1.807) is 0 Å². The van der Waals surface area contributed by atoms with Gasteiger partial charge >= 0.3 is 0 Å². The zero-order chi connectivity index (χ0) is 17.8. The fourth-order valence-electron chi connectivity index (χ4n) is 2.46. The summed E-state index contributed by atoms with van der Waals surface area (Å²) < 4.78 is 0. The Hall–Kier alpha value is -1.61. The highest BCUT2D eigenvalue weighted by Crippen LogP contribution is 2.19. The SMILES string of the molecule is C/C=C1/CC=C(NCNC/C=C/CCC)C(C)=C/C1=N/C(C)CC. The minimum atomic E-state index is 0.366. The van der Waals surface area contributed by atoms with Gasteiger partial charge in [-0.05, 0) is 57.3 Å². The lowest BCUT2D eigenvalue weighted by atomic mass is 10.1. The predicted molar refractivity (Wildman–Crippen MR) is 107 cm³/mol. The monoisotopic (exact) mass is 329 g/mol. The first-order chi connectivity index (χ1) is 11.6.